The minimum Gasteiger partial charge on any atom is -0.509 e. The molecule has 0 saturated carbocycles. The molecule has 0 amide bonds. The first-order chi connectivity index (χ1) is 21.7. The normalized spacial score (nSPS) is 11.4. The second kappa shape index (κ2) is 12.7. The topological polar surface area (TPSA) is 44.9 Å². The molecule has 0 N–H and O–H groups in total. The fourth-order valence-corrected chi connectivity index (χ4v) is 6.36. The molecule has 232 valence electrons. The fourth-order valence-electron chi connectivity index (χ4n) is 6.36. The number of pyridine rings is 1. The number of nitrogens with zero attached hydrogens (tertiary/aromatic N) is 4. The summed E-state index contributed by atoms with van der Waals surface area (Å²) in [6.07, 6.45) is 2.89. The van der Waals surface area contributed by atoms with E-state index in [1.54, 1.807) is 0 Å². The first kappa shape index (κ1) is 31.5. The Kier molecular flexibility index (Phi) is 8.72. The molecule has 0 bridgehead atoms. The maximum absolute atomic E-state index is 6.49. The number of hydrogen-bond donors (Lipinski definition) is 0. The van der Waals surface area contributed by atoms with Crippen molar-refractivity contribution in [2.75, 3.05) is 0 Å². The fraction of sp³-hybridized carbons (Fsp3) is 0.200. The number of ether oxygens (including phenoxy) is 1. The molecule has 0 aliphatic heterocycles. The first-order valence-corrected chi connectivity index (χ1v) is 15.5. The van der Waals surface area contributed by atoms with Crippen molar-refractivity contribution in [3.8, 4) is 34.1 Å². The maximum atomic E-state index is 6.49. The summed E-state index contributed by atoms with van der Waals surface area (Å²) >= 11 is 0. The van der Waals surface area contributed by atoms with Crippen molar-refractivity contribution in [1.82, 2.24) is 19.3 Å². The molecular formula is C40H36N4OPt. The average Bonchev–Trinajstić information content (AvgIpc) is 3.49. The number of fused-ring (bicyclic) bond motifs is 3. The van der Waals surface area contributed by atoms with E-state index in [2.05, 4.69) is 119 Å². The summed E-state index contributed by atoms with van der Waals surface area (Å²) in [6, 6.07) is 36.6. The summed E-state index contributed by atoms with van der Waals surface area (Å²) in [4.78, 5) is 4.75. The van der Waals surface area contributed by atoms with Crippen molar-refractivity contribution in [3.05, 3.63) is 131 Å². The molecule has 7 aromatic rings. The number of aromatic nitrogens is 4. The standard InChI is InChI=1S/C40H36N4O.Pt/c1-25(2)18-30-12-15-37-36(22-30)35-14-13-33(24-38(35)43(37)39-21-26(3)16-17-41-39)45-34-20-27(4)19-32(23-34)44-29(6)40(28(5)42-44)31-10-8-7-9-11-31;/h7-17,19-22,25H,18H2,1-6H3;/q-2;+2. The van der Waals surface area contributed by atoms with Crippen molar-refractivity contribution in [2.45, 2.75) is 48.0 Å². The van der Waals surface area contributed by atoms with Crippen LogP contribution in [0.3, 0.4) is 0 Å². The van der Waals surface area contributed by atoms with Crippen LogP contribution < -0.4 is 4.74 Å². The van der Waals surface area contributed by atoms with Crippen LogP contribution in [0.4, 0.5) is 0 Å². The van der Waals surface area contributed by atoms with Crippen LogP contribution in [0.25, 0.3) is 44.4 Å². The molecule has 0 aliphatic rings. The zero-order valence-corrected chi connectivity index (χ0v) is 29.2. The molecule has 0 atom stereocenters. The molecule has 46 heavy (non-hydrogen) atoms. The minimum atomic E-state index is 0. The van der Waals surface area contributed by atoms with Gasteiger partial charge in [0.05, 0.1) is 5.69 Å². The largest absolute Gasteiger partial charge is 2.00 e. The van der Waals surface area contributed by atoms with E-state index in [0.717, 1.165) is 68.0 Å². The molecule has 0 aliphatic carbocycles. The average molecular weight is 784 g/mol. The zero-order chi connectivity index (χ0) is 31.2. The number of benzene rings is 4. The summed E-state index contributed by atoms with van der Waals surface area (Å²) in [6.45, 7) is 12.8. The van der Waals surface area contributed by atoms with Gasteiger partial charge in [-0.15, -0.1) is 35.7 Å². The van der Waals surface area contributed by atoms with Crippen LogP contribution >= 0.6 is 0 Å². The number of rotatable bonds is 7. The zero-order valence-electron chi connectivity index (χ0n) is 27.0. The van der Waals surface area contributed by atoms with Gasteiger partial charge in [-0.05, 0) is 79.1 Å². The second-order valence-corrected chi connectivity index (χ2v) is 12.4. The predicted molar refractivity (Wildman–Crippen MR) is 183 cm³/mol. The van der Waals surface area contributed by atoms with Gasteiger partial charge in [-0.3, -0.25) is 4.68 Å². The smallest absolute Gasteiger partial charge is 0.509 e. The van der Waals surface area contributed by atoms with Crippen LogP contribution in [0.5, 0.6) is 11.5 Å². The summed E-state index contributed by atoms with van der Waals surface area (Å²) in [5.74, 6) is 2.68. The van der Waals surface area contributed by atoms with Crippen LogP contribution in [-0.2, 0) is 27.5 Å². The van der Waals surface area contributed by atoms with Gasteiger partial charge in [0.15, 0.2) is 0 Å². The van der Waals surface area contributed by atoms with Gasteiger partial charge in [-0.25, -0.2) is 4.98 Å². The summed E-state index contributed by atoms with van der Waals surface area (Å²) in [5, 5.41) is 7.21. The number of aryl methyl sites for hydroxylation is 3. The molecule has 0 saturated heterocycles. The third kappa shape index (κ3) is 5.92. The predicted octanol–water partition coefficient (Wildman–Crippen LogP) is 9.85. The van der Waals surface area contributed by atoms with E-state index in [9.17, 15) is 0 Å². The van der Waals surface area contributed by atoms with E-state index < -0.39 is 0 Å². The molecular weight excluding hydrogens is 748 g/mol. The molecule has 4 aromatic carbocycles. The summed E-state index contributed by atoms with van der Waals surface area (Å²) in [5.41, 5.74) is 10.7. The van der Waals surface area contributed by atoms with Crippen LogP contribution in [0.15, 0.2) is 91.1 Å². The van der Waals surface area contributed by atoms with Crippen molar-refractivity contribution in [3.63, 3.8) is 0 Å². The van der Waals surface area contributed by atoms with Gasteiger partial charge in [0, 0.05) is 34.5 Å². The Morgan fingerprint density at radius 3 is 2.35 bits per heavy atom. The van der Waals surface area contributed by atoms with Gasteiger partial charge in [-0.2, -0.15) is 16.7 Å². The molecule has 7 rings (SSSR count). The molecule has 0 unspecified atom stereocenters. The van der Waals surface area contributed by atoms with E-state index in [1.807, 2.05) is 35.1 Å². The van der Waals surface area contributed by atoms with E-state index in [0.29, 0.717) is 17.4 Å². The Labute approximate surface area is 285 Å². The Morgan fingerprint density at radius 2 is 1.59 bits per heavy atom. The van der Waals surface area contributed by atoms with E-state index in [4.69, 9.17) is 14.8 Å². The van der Waals surface area contributed by atoms with Gasteiger partial charge in [0.2, 0.25) is 0 Å². The van der Waals surface area contributed by atoms with Gasteiger partial charge in [0.1, 0.15) is 5.82 Å². The quantitative estimate of drug-likeness (QED) is 0.151. The van der Waals surface area contributed by atoms with Gasteiger partial charge < -0.3 is 9.30 Å². The molecule has 3 aromatic heterocycles. The summed E-state index contributed by atoms with van der Waals surface area (Å²) < 4.78 is 10.6. The Morgan fingerprint density at radius 1 is 0.783 bits per heavy atom. The molecule has 5 nitrogen and oxygen atoms in total. The third-order valence-corrected chi connectivity index (χ3v) is 8.26. The minimum absolute atomic E-state index is 0. The van der Waals surface area contributed by atoms with Gasteiger partial charge in [0.25, 0.3) is 0 Å². The molecule has 6 heteroatoms. The Bertz CT molecular complexity index is 2190. The van der Waals surface area contributed by atoms with E-state index >= 15 is 0 Å². The third-order valence-electron chi connectivity index (χ3n) is 8.26. The molecule has 0 radical (unpaired) electrons. The monoisotopic (exact) mass is 783 g/mol. The van der Waals surface area contributed by atoms with E-state index in [1.165, 1.54) is 10.9 Å². The molecule has 0 spiro atoms. The van der Waals surface area contributed by atoms with Crippen LogP contribution in [0.2, 0.25) is 0 Å². The van der Waals surface area contributed by atoms with Crippen LogP contribution in [0.1, 0.15) is 41.9 Å². The first-order valence-electron chi connectivity index (χ1n) is 15.5. The molecule has 0 fully saturated rings. The van der Waals surface area contributed by atoms with Crippen molar-refractivity contribution >= 4 is 21.8 Å². The molecule has 3 heterocycles. The Hall–Kier alpha value is -4.47. The summed E-state index contributed by atoms with van der Waals surface area (Å²) in [7, 11) is 0. The maximum Gasteiger partial charge on any atom is 2.00 e. The second-order valence-electron chi connectivity index (χ2n) is 12.4. The number of hydrogen-bond acceptors (Lipinski definition) is 3. The van der Waals surface area contributed by atoms with Crippen LogP contribution in [0, 0.1) is 45.7 Å². The van der Waals surface area contributed by atoms with Gasteiger partial charge in [-0.1, -0.05) is 68.8 Å². The van der Waals surface area contributed by atoms with Crippen molar-refractivity contribution in [1.29, 1.82) is 0 Å². The van der Waals surface area contributed by atoms with Gasteiger partial charge >= 0.3 is 21.1 Å². The van der Waals surface area contributed by atoms with E-state index in [-0.39, 0.29) is 21.1 Å². The van der Waals surface area contributed by atoms with Crippen molar-refractivity contribution < 1.29 is 25.8 Å². The van der Waals surface area contributed by atoms with Crippen molar-refractivity contribution in [2.24, 2.45) is 5.92 Å². The SMILES string of the molecule is Cc1cc(Oc2[c-]c3c(cc2)c2cc(CC(C)C)ccc2n3-c2cc(C)ccn2)[c-]c(-n2nc(C)c(-c3ccccc3)c2C)c1.[Pt+2]. The van der Waals surface area contributed by atoms with Crippen LogP contribution in [-0.4, -0.2) is 19.3 Å². The Balaban J connectivity index is 0.00000372.